The Bertz CT molecular complexity index is 288. The molecule has 0 aliphatic rings. The lowest BCUT2D eigenvalue weighted by Gasteiger charge is -2.17. The highest BCUT2D eigenvalue weighted by atomic mass is 14.2. The zero-order chi connectivity index (χ0) is 11.8. The molecule has 1 radical (unpaired) electrons. The minimum Gasteiger partial charge on any atom is -0.0654 e. The predicted octanol–water partition coefficient (Wildman–Crippen LogP) is 5.16. The fourth-order valence-corrected chi connectivity index (χ4v) is 2.26. The van der Waals surface area contributed by atoms with Gasteiger partial charge in [-0.1, -0.05) is 64.3 Å². The third-order valence-corrected chi connectivity index (χ3v) is 3.29. The molecule has 0 saturated carbocycles. The highest BCUT2D eigenvalue weighted by molar-refractivity contribution is 5.38. The highest BCUT2D eigenvalue weighted by Crippen LogP contribution is 2.27. The van der Waals surface area contributed by atoms with Crippen LogP contribution in [0.25, 0.3) is 0 Å². The van der Waals surface area contributed by atoms with E-state index in [1.54, 1.807) is 5.92 Å². The molecule has 0 saturated heterocycles. The second-order valence-corrected chi connectivity index (χ2v) is 4.42. The Kier molecular flexibility index (Phi) is 6.22. The lowest BCUT2D eigenvalue weighted by Crippen LogP contribution is -2.02. The molecule has 0 atom stereocenters. The third-order valence-electron chi connectivity index (χ3n) is 3.29. The lowest BCUT2D eigenvalue weighted by atomic mass is 9.87. The van der Waals surface area contributed by atoms with E-state index < -0.39 is 0 Å². The number of rotatable bonds is 7. The predicted molar refractivity (Wildman–Crippen MR) is 72.6 cm³/mol. The number of hydrogen-bond donors (Lipinski definition) is 0. The molecule has 1 rings (SSSR count). The van der Waals surface area contributed by atoms with Gasteiger partial charge in [-0.15, -0.1) is 0 Å². The van der Waals surface area contributed by atoms with E-state index in [4.69, 9.17) is 0 Å². The van der Waals surface area contributed by atoms with Crippen LogP contribution in [-0.4, -0.2) is 0 Å². The van der Waals surface area contributed by atoms with E-state index >= 15 is 0 Å². The molecule has 0 aliphatic heterocycles. The van der Waals surface area contributed by atoms with Crippen molar-refractivity contribution < 1.29 is 0 Å². The summed E-state index contributed by atoms with van der Waals surface area (Å²) in [6.45, 7) is 6.80. The van der Waals surface area contributed by atoms with Crippen LogP contribution >= 0.6 is 0 Å². The summed E-state index contributed by atoms with van der Waals surface area (Å²) in [4.78, 5) is 0. The number of benzene rings is 1. The van der Waals surface area contributed by atoms with Gasteiger partial charge >= 0.3 is 0 Å². The summed E-state index contributed by atoms with van der Waals surface area (Å²) in [6.07, 6.45) is 7.64. The maximum atomic E-state index is 2.30. The van der Waals surface area contributed by atoms with E-state index in [1.807, 2.05) is 0 Å². The van der Waals surface area contributed by atoms with Gasteiger partial charge in [0.25, 0.3) is 0 Å². The van der Waals surface area contributed by atoms with Crippen molar-refractivity contribution >= 4 is 0 Å². The van der Waals surface area contributed by atoms with Crippen LogP contribution < -0.4 is 0 Å². The van der Waals surface area contributed by atoms with Gasteiger partial charge in [0.05, 0.1) is 0 Å². The van der Waals surface area contributed by atoms with Gasteiger partial charge in [0.1, 0.15) is 0 Å². The second kappa shape index (κ2) is 7.49. The zero-order valence-electron chi connectivity index (χ0n) is 11.1. The maximum absolute atomic E-state index is 2.30. The Labute approximate surface area is 101 Å². The third kappa shape index (κ3) is 3.66. The van der Waals surface area contributed by atoms with Crippen molar-refractivity contribution in [2.24, 2.45) is 0 Å². The molecule has 0 N–H and O–H groups in total. The fraction of sp³-hybridized carbons (Fsp3) is 0.562. The molecule has 0 aromatic heterocycles. The monoisotopic (exact) mass is 217 g/mol. The van der Waals surface area contributed by atoms with Gasteiger partial charge in [-0.25, -0.2) is 0 Å². The lowest BCUT2D eigenvalue weighted by molar-refractivity contribution is 0.663. The van der Waals surface area contributed by atoms with Crippen molar-refractivity contribution in [1.82, 2.24) is 0 Å². The van der Waals surface area contributed by atoms with Gasteiger partial charge in [0, 0.05) is 5.92 Å². The van der Waals surface area contributed by atoms with Gasteiger partial charge in [0.15, 0.2) is 0 Å². The first-order valence-corrected chi connectivity index (χ1v) is 6.76. The van der Waals surface area contributed by atoms with Gasteiger partial charge in [-0.05, 0) is 30.4 Å². The molecule has 0 unspecified atom stereocenters. The molecule has 0 amide bonds. The van der Waals surface area contributed by atoms with Crippen LogP contribution in [0.1, 0.15) is 64.0 Å². The molecule has 0 heteroatoms. The first-order valence-electron chi connectivity index (χ1n) is 6.76. The molecule has 0 aliphatic carbocycles. The van der Waals surface area contributed by atoms with Gasteiger partial charge in [0.2, 0.25) is 0 Å². The topological polar surface area (TPSA) is 0 Å². The molecule has 89 valence electrons. The van der Waals surface area contributed by atoms with Crippen LogP contribution in [0.5, 0.6) is 0 Å². The van der Waals surface area contributed by atoms with Crippen LogP contribution in [-0.2, 0) is 6.42 Å². The van der Waals surface area contributed by atoms with Crippen molar-refractivity contribution in [2.75, 3.05) is 0 Å². The van der Waals surface area contributed by atoms with Crippen LogP contribution in [0.15, 0.2) is 24.3 Å². The first-order chi connectivity index (χ1) is 7.83. The largest absolute Gasteiger partial charge is 0.0654 e. The molecule has 0 nitrogen and oxygen atoms in total. The van der Waals surface area contributed by atoms with Crippen LogP contribution in [0, 0.1) is 5.92 Å². The summed E-state index contributed by atoms with van der Waals surface area (Å²) in [5.74, 6) is 1.64. The summed E-state index contributed by atoms with van der Waals surface area (Å²) in [5.41, 5.74) is 3.03. The van der Waals surface area contributed by atoms with Gasteiger partial charge in [-0.3, -0.25) is 0 Å². The quantitative estimate of drug-likeness (QED) is 0.553. The Morgan fingerprint density at radius 2 is 1.75 bits per heavy atom. The molecule has 16 heavy (non-hydrogen) atoms. The average molecular weight is 217 g/mol. The minimum atomic E-state index is 1.15. The molecule has 0 fully saturated rings. The molecular weight excluding hydrogens is 192 g/mol. The summed E-state index contributed by atoms with van der Waals surface area (Å²) in [5, 5.41) is 0. The van der Waals surface area contributed by atoms with Crippen LogP contribution in [0.4, 0.5) is 0 Å². The van der Waals surface area contributed by atoms with Crippen LogP contribution in [0.2, 0.25) is 0 Å². The fourth-order valence-electron chi connectivity index (χ4n) is 2.26. The molecule has 0 bridgehead atoms. The summed E-state index contributed by atoms with van der Waals surface area (Å²) in [7, 11) is 0. The summed E-state index contributed by atoms with van der Waals surface area (Å²) < 4.78 is 0. The second-order valence-electron chi connectivity index (χ2n) is 4.42. The normalized spacial score (nSPS) is 11.0. The zero-order valence-corrected chi connectivity index (χ0v) is 11.1. The first kappa shape index (κ1) is 13.3. The van der Waals surface area contributed by atoms with E-state index in [1.165, 1.54) is 43.2 Å². The molecular formula is C16H25. The summed E-state index contributed by atoms with van der Waals surface area (Å²) in [6, 6.07) is 8.89. The molecule has 1 aromatic carbocycles. The van der Waals surface area contributed by atoms with E-state index in [9.17, 15) is 0 Å². The van der Waals surface area contributed by atoms with Gasteiger partial charge in [-0.2, -0.15) is 0 Å². The SMILES string of the molecule is CCCCC[C](CC)c1ccccc1CC. The standard InChI is InChI=1S/C16H25/c1-4-7-8-11-14(5-2)16-13-10-9-12-15(16)6-3/h9-10,12-13H,4-8,11H2,1-3H3. The summed E-state index contributed by atoms with van der Waals surface area (Å²) >= 11 is 0. The van der Waals surface area contributed by atoms with Crippen molar-refractivity contribution in [3.05, 3.63) is 41.3 Å². The maximum Gasteiger partial charge on any atom is 0.00499 e. The van der Waals surface area contributed by atoms with E-state index in [-0.39, 0.29) is 0 Å². The Balaban J connectivity index is 2.69. The van der Waals surface area contributed by atoms with E-state index in [0.29, 0.717) is 0 Å². The van der Waals surface area contributed by atoms with E-state index in [0.717, 1.165) is 6.42 Å². The number of unbranched alkanes of at least 4 members (excludes halogenated alkanes) is 2. The van der Waals surface area contributed by atoms with Crippen molar-refractivity contribution in [3.63, 3.8) is 0 Å². The Morgan fingerprint density at radius 3 is 2.38 bits per heavy atom. The number of aryl methyl sites for hydroxylation is 1. The minimum absolute atomic E-state index is 1.15. The smallest absolute Gasteiger partial charge is 0.00499 e. The van der Waals surface area contributed by atoms with Crippen molar-refractivity contribution in [1.29, 1.82) is 0 Å². The van der Waals surface area contributed by atoms with Crippen molar-refractivity contribution in [2.45, 2.75) is 59.3 Å². The highest BCUT2D eigenvalue weighted by Gasteiger charge is 2.12. The molecule has 1 aromatic rings. The average Bonchev–Trinajstić information content (AvgIpc) is 2.35. The van der Waals surface area contributed by atoms with Crippen LogP contribution in [0.3, 0.4) is 0 Å². The molecule has 0 heterocycles. The molecule has 0 spiro atoms. The number of hydrogen-bond acceptors (Lipinski definition) is 0. The van der Waals surface area contributed by atoms with Crippen molar-refractivity contribution in [3.8, 4) is 0 Å². The van der Waals surface area contributed by atoms with Gasteiger partial charge < -0.3 is 0 Å². The Morgan fingerprint density at radius 1 is 1.00 bits per heavy atom. The Hall–Kier alpha value is -0.780. The van der Waals surface area contributed by atoms with E-state index in [2.05, 4.69) is 45.0 Å².